The Morgan fingerprint density at radius 3 is 2.76 bits per heavy atom. The molecule has 2 aliphatic heterocycles. The number of halogens is 1. The SMILES string of the molecule is CCNC(=NCc1noc(C(C)(C)C)n1)N1CCC2(CCOC2)C1.I. The standard InChI is InChI=1S/C17H29N5O2.HI/c1-5-18-15(22-8-6-17(11-22)7-9-23-12-17)19-10-13-20-14(24-21-13)16(2,3)4;/h5-12H2,1-4H3,(H,18,19);1H. The summed E-state index contributed by atoms with van der Waals surface area (Å²) in [6.45, 7) is 13.4. The van der Waals surface area contributed by atoms with E-state index in [-0.39, 0.29) is 29.4 Å². The number of likely N-dealkylation sites (tertiary alicyclic amines) is 1. The number of aromatic nitrogens is 2. The number of rotatable bonds is 3. The van der Waals surface area contributed by atoms with Gasteiger partial charge in [0.25, 0.3) is 0 Å². The average Bonchev–Trinajstić information content (AvgIpc) is 3.25. The van der Waals surface area contributed by atoms with Crippen molar-refractivity contribution in [3.8, 4) is 0 Å². The Kier molecular flexibility index (Phi) is 6.69. The number of ether oxygens (including phenoxy) is 1. The number of aliphatic imine (C=N–C) groups is 1. The fourth-order valence-electron chi connectivity index (χ4n) is 3.28. The van der Waals surface area contributed by atoms with Gasteiger partial charge in [0, 0.05) is 37.1 Å². The van der Waals surface area contributed by atoms with Crippen molar-refractivity contribution in [1.82, 2.24) is 20.4 Å². The van der Waals surface area contributed by atoms with Crippen molar-refractivity contribution in [2.45, 2.75) is 52.5 Å². The van der Waals surface area contributed by atoms with Crippen molar-refractivity contribution in [2.75, 3.05) is 32.8 Å². The molecule has 0 amide bonds. The van der Waals surface area contributed by atoms with Crippen LogP contribution < -0.4 is 5.32 Å². The van der Waals surface area contributed by atoms with Gasteiger partial charge in [-0.15, -0.1) is 24.0 Å². The second-order valence-corrected chi connectivity index (χ2v) is 7.91. The first-order chi connectivity index (χ1) is 11.4. The molecular formula is C17H30IN5O2. The lowest BCUT2D eigenvalue weighted by Crippen LogP contribution is -2.41. The molecule has 1 aromatic heterocycles. The van der Waals surface area contributed by atoms with Crippen LogP contribution in [0, 0.1) is 5.41 Å². The highest BCUT2D eigenvalue weighted by Crippen LogP contribution is 2.38. The number of hydrogen-bond acceptors (Lipinski definition) is 5. The summed E-state index contributed by atoms with van der Waals surface area (Å²) in [7, 11) is 0. The second kappa shape index (κ2) is 8.20. The predicted molar refractivity (Wildman–Crippen MR) is 107 cm³/mol. The molecule has 7 nitrogen and oxygen atoms in total. The molecule has 3 rings (SSSR count). The summed E-state index contributed by atoms with van der Waals surface area (Å²) >= 11 is 0. The van der Waals surface area contributed by atoms with Crippen molar-refractivity contribution in [3.63, 3.8) is 0 Å². The van der Waals surface area contributed by atoms with Crippen LogP contribution in [-0.4, -0.2) is 53.8 Å². The lowest BCUT2D eigenvalue weighted by Gasteiger charge is -2.24. The zero-order valence-corrected chi connectivity index (χ0v) is 18.0. The molecule has 0 radical (unpaired) electrons. The molecule has 25 heavy (non-hydrogen) atoms. The van der Waals surface area contributed by atoms with Crippen molar-refractivity contribution >= 4 is 29.9 Å². The van der Waals surface area contributed by atoms with E-state index >= 15 is 0 Å². The molecule has 3 heterocycles. The monoisotopic (exact) mass is 463 g/mol. The van der Waals surface area contributed by atoms with Gasteiger partial charge in [0.05, 0.1) is 6.61 Å². The van der Waals surface area contributed by atoms with Crippen LogP contribution in [0.25, 0.3) is 0 Å². The molecule has 1 aromatic rings. The summed E-state index contributed by atoms with van der Waals surface area (Å²) in [6, 6.07) is 0. The summed E-state index contributed by atoms with van der Waals surface area (Å²) in [5.41, 5.74) is 0.186. The van der Waals surface area contributed by atoms with Gasteiger partial charge in [0.15, 0.2) is 11.8 Å². The molecule has 2 aliphatic rings. The van der Waals surface area contributed by atoms with E-state index in [9.17, 15) is 0 Å². The molecule has 1 unspecified atom stereocenters. The third-order valence-corrected chi connectivity index (χ3v) is 4.74. The second-order valence-electron chi connectivity index (χ2n) is 7.91. The minimum Gasteiger partial charge on any atom is -0.381 e. The van der Waals surface area contributed by atoms with Gasteiger partial charge in [-0.3, -0.25) is 0 Å². The van der Waals surface area contributed by atoms with Gasteiger partial charge >= 0.3 is 0 Å². The Hall–Kier alpha value is -0.900. The highest BCUT2D eigenvalue weighted by molar-refractivity contribution is 14.0. The van der Waals surface area contributed by atoms with Gasteiger partial charge in [0.2, 0.25) is 5.89 Å². The van der Waals surface area contributed by atoms with E-state index in [4.69, 9.17) is 14.3 Å². The molecule has 0 aliphatic carbocycles. The molecule has 0 saturated carbocycles. The predicted octanol–water partition coefficient (Wildman–Crippen LogP) is 2.56. The largest absolute Gasteiger partial charge is 0.381 e. The van der Waals surface area contributed by atoms with Crippen LogP contribution in [0.15, 0.2) is 9.52 Å². The first kappa shape index (κ1) is 20.4. The molecule has 0 aromatic carbocycles. The van der Waals surface area contributed by atoms with Crippen molar-refractivity contribution in [2.24, 2.45) is 10.4 Å². The van der Waals surface area contributed by atoms with E-state index in [0.29, 0.717) is 23.7 Å². The molecule has 0 bridgehead atoms. The number of nitrogens with zero attached hydrogens (tertiary/aromatic N) is 4. The van der Waals surface area contributed by atoms with E-state index in [2.05, 4.69) is 48.1 Å². The Morgan fingerprint density at radius 1 is 1.36 bits per heavy atom. The summed E-state index contributed by atoms with van der Waals surface area (Å²) in [4.78, 5) is 11.5. The third-order valence-electron chi connectivity index (χ3n) is 4.74. The van der Waals surface area contributed by atoms with Crippen LogP contribution in [0.4, 0.5) is 0 Å². The zero-order chi connectivity index (χ0) is 17.2. The van der Waals surface area contributed by atoms with Crippen LogP contribution in [0.1, 0.15) is 52.3 Å². The maximum atomic E-state index is 5.61. The Morgan fingerprint density at radius 2 is 2.16 bits per heavy atom. The first-order valence-corrected chi connectivity index (χ1v) is 8.86. The maximum absolute atomic E-state index is 5.61. The van der Waals surface area contributed by atoms with E-state index in [1.54, 1.807) is 0 Å². The van der Waals surface area contributed by atoms with Gasteiger partial charge < -0.3 is 19.5 Å². The maximum Gasteiger partial charge on any atom is 0.232 e. The van der Waals surface area contributed by atoms with Crippen molar-refractivity contribution < 1.29 is 9.26 Å². The Bertz CT molecular complexity index is 590. The van der Waals surface area contributed by atoms with Crippen LogP contribution in [0.3, 0.4) is 0 Å². The molecule has 2 fully saturated rings. The van der Waals surface area contributed by atoms with Gasteiger partial charge in [0.1, 0.15) is 6.54 Å². The summed E-state index contributed by atoms with van der Waals surface area (Å²) < 4.78 is 11.0. The fourth-order valence-corrected chi connectivity index (χ4v) is 3.28. The third kappa shape index (κ3) is 4.84. The van der Waals surface area contributed by atoms with E-state index < -0.39 is 0 Å². The Labute approximate surface area is 167 Å². The number of nitrogens with one attached hydrogen (secondary N) is 1. The molecule has 1 atom stereocenters. The smallest absolute Gasteiger partial charge is 0.232 e. The summed E-state index contributed by atoms with van der Waals surface area (Å²) in [5.74, 6) is 2.22. The lowest BCUT2D eigenvalue weighted by molar-refractivity contribution is 0.156. The molecule has 1 spiro atoms. The molecule has 2 saturated heterocycles. The highest BCUT2D eigenvalue weighted by atomic mass is 127. The normalized spacial score (nSPS) is 24.0. The molecule has 8 heteroatoms. The minimum atomic E-state index is -0.136. The number of hydrogen-bond donors (Lipinski definition) is 1. The van der Waals surface area contributed by atoms with Crippen molar-refractivity contribution in [3.05, 3.63) is 11.7 Å². The fraction of sp³-hybridized carbons (Fsp3) is 0.824. The van der Waals surface area contributed by atoms with Crippen LogP contribution in [0.2, 0.25) is 0 Å². The summed E-state index contributed by atoms with van der Waals surface area (Å²) in [6.07, 6.45) is 2.33. The van der Waals surface area contributed by atoms with Crippen molar-refractivity contribution in [1.29, 1.82) is 0 Å². The van der Waals surface area contributed by atoms with Gasteiger partial charge in [-0.25, -0.2) is 4.99 Å². The van der Waals surface area contributed by atoms with Crippen LogP contribution >= 0.6 is 24.0 Å². The minimum absolute atomic E-state index is 0. The average molecular weight is 463 g/mol. The van der Waals surface area contributed by atoms with Gasteiger partial charge in [-0.1, -0.05) is 25.9 Å². The quantitative estimate of drug-likeness (QED) is 0.422. The Balaban J connectivity index is 0.00000225. The van der Waals surface area contributed by atoms with Gasteiger partial charge in [-0.2, -0.15) is 4.98 Å². The lowest BCUT2D eigenvalue weighted by atomic mass is 9.87. The van der Waals surface area contributed by atoms with E-state index in [0.717, 1.165) is 45.2 Å². The van der Waals surface area contributed by atoms with E-state index in [1.807, 2.05) is 0 Å². The van der Waals surface area contributed by atoms with Crippen LogP contribution in [-0.2, 0) is 16.7 Å². The molecule has 142 valence electrons. The number of guanidine groups is 1. The van der Waals surface area contributed by atoms with Gasteiger partial charge in [-0.05, 0) is 19.8 Å². The van der Waals surface area contributed by atoms with Crippen LogP contribution in [0.5, 0.6) is 0 Å². The first-order valence-electron chi connectivity index (χ1n) is 8.86. The molecular weight excluding hydrogens is 433 g/mol. The highest BCUT2D eigenvalue weighted by Gasteiger charge is 2.42. The topological polar surface area (TPSA) is 75.8 Å². The van der Waals surface area contributed by atoms with E-state index in [1.165, 1.54) is 6.42 Å². The zero-order valence-electron chi connectivity index (χ0n) is 15.7. The summed E-state index contributed by atoms with van der Waals surface area (Å²) in [5, 5.41) is 7.44. The molecule has 1 N–H and O–H groups in total.